The highest BCUT2D eigenvalue weighted by Gasteiger charge is 2.32. The van der Waals surface area contributed by atoms with Gasteiger partial charge in [-0.15, -0.1) is 11.3 Å². The van der Waals surface area contributed by atoms with Gasteiger partial charge in [0.25, 0.3) is 15.9 Å². The van der Waals surface area contributed by atoms with E-state index in [1.165, 1.54) is 21.7 Å². The molecule has 1 aliphatic heterocycles. The van der Waals surface area contributed by atoms with Crippen LogP contribution in [0.2, 0.25) is 0 Å². The molecule has 0 spiro atoms. The van der Waals surface area contributed by atoms with Crippen LogP contribution in [-0.4, -0.2) is 37.8 Å². The second-order valence-corrected chi connectivity index (χ2v) is 9.08. The molecule has 3 heterocycles. The predicted molar refractivity (Wildman–Crippen MR) is 91.7 cm³/mol. The van der Waals surface area contributed by atoms with Crippen LogP contribution < -0.4 is 5.32 Å². The molecule has 130 valence electrons. The quantitative estimate of drug-likeness (QED) is 0.899. The Labute approximate surface area is 145 Å². The zero-order chi connectivity index (χ0) is 17.3. The Morgan fingerprint density at radius 2 is 1.92 bits per heavy atom. The van der Waals surface area contributed by atoms with E-state index in [-0.39, 0.29) is 17.0 Å². The van der Waals surface area contributed by atoms with Crippen molar-refractivity contribution in [1.29, 1.82) is 0 Å². The first-order valence-electron chi connectivity index (χ1n) is 7.80. The number of rotatable bonds is 4. The SMILES string of the molecule is Cc1ccc(S(=O)(=O)N2CCC(NC(=O)c3ccc(C)s3)CC2)o1. The van der Waals surface area contributed by atoms with Crippen LogP contribution in [0.5, 0.6) is 0 Å². The van der Waals surface area contributed by atoms with Gasteiger partial charge in [-0.2, -0.15) is 4.31 Å². The van der Waals surface area contributed by atoms with Crippen molar-refractivity contribution in [2.45, 2.75) is 37.8 Å². The van der Waals surface area contributed by atoms with Crippen molar-refractivity contribution in [3.63, 3.8) is 0 Å². The van der Waals surface area contributed by atoms with Gasteiger partial charge in [0.2, 0.25) is 5.09 Å². The molecule has 24 heavy (non-hydrogen) atoms. The van der Waals surface area contributed by atoms with Crippen molar-refractivity contribution in [1.82, 2.24) is 9.62 Å². The zero-order valence-electron chi connectivity index (χ0n) is 13.6. The summed E-state index contributed by atoms with van der Waals surface area (Å²) in [5.74, 6) is 0.484. The van der Waals surface area contributed by atoms with Gasteiger partial charge in [-0.25, -0.2) is 8.42 Å². The molecule has 0 radical (unpaired) electrons. The monoisotopic (exact) mass is 368 g/mol. The van der Waals surface area contributed by atoms with Crippen LogP contribution in [0.1, 0.15) is 33.2 Å². The molecule has 8 heteroatoms. The van der Waals surface area contributed by atoms with Gasteiger partial charge >= 0.3 is 0 Å². The maximum atomic E-state index is 12.5. The summed E-state index contributed by atoms with van der Waals surface area (Å²) in [4.78, 5) is 14.0. The molecule has 1 aliphatic rings. The third-order valence-electron chi connectivity index (χ3n) is 4.06. The van der Waals surface area contributed by atoms with Gasteiger partial charge in [-0.1, -0.05) is 0 Å². The fraction of sp³-hybridized carbons (Fsp3) is 0.438. The molecule has 0 bridgehead atoms. The third-order valence-corrected chi connectivity index (χ3v) is 6.84. The van der Waals surface area contributed by atoms with E-state index in [9.17, 15) is 13.2 Å². The highest BCUT2D eigenvalue weighted by atomic mass is 32.2. The molecular weight excluding hydrogens is 348 g/mol. The summed E-state index contributed by atoms with van der Waals surface area (Å²) in [7, 11) is -3.59. The van der Waals surface area contributed by atoms with E-state index >= 15 is 0 Å². The lowest BCUT2D eigenvalue weighted by Gasteiger charge is -2.30. The first kappa shape index (κ1) is 17.2. The standard InChI is InChI=1S/C16H20N2O4S2/c1-11-3-6-15(22-11)24(20,21)18-9-7-13(8-10-18)17-16(19)14-5-4-12(2)23-14/h3-6,13H,7-10H2,1-2H3,(H,17,19). The van der Waals surface area contributed by atoms with Crippen molar-refractivity contribution in [2.75, 3.05) is 13.1 Å². The number of nitrogens with one attached hydrogen (secondary N) is 1. The summed E-state index contributed by atoms with van der Waals surface area (Å²) in [6.45, 7) is 4.42. The lowest BCUT2D eigenvalue weighted by Crippen LogP contribution is -2.46. The normalized spacial score (nSPS) is 17.1. The van der Waals surface area contributed by atoms with E-state index in [0.717, 1.165) is 4.88 Å². The van der Waals surface area contributed by atoms with Crippen molar-refractivity contribution < 1.29 is 17.6 Å². The average Bonchev–Trinajstić information content (AvgIpc) is 3.17. The third kappa shape index (κ3) is 3.55. The average molecular weight is 368 g/mol. The Bertz CT molecular complexity index is 830. The number of hydrogen-bond donors (Lipinski definition) is 1. The molecule has 2 aromatic rings. The van der Waals surface area contributed by atoms with Crippen molar-refractivity contribution in [2.24, 2.45) is 0 Å². The maximum Gasteiger partial charge on any atom is 0.276 e. The van der Waals surface area contributed by atoms with Crippen LogP contribution >= 0.6 is 11.3 Å². The van der Waals surface area contributed by atoms with Gasteiger partial charge in [0.15, 0.2) is 0 Å². The minimum absolute atomic E-state index is 0.00954. The molecule has 2 aromatic heterocycles. The van der Waals surface area contributed by atoms with Crippen LogP contribution in [-0.2, 0) is 10.0 Å². The number of sulfonamides is 1. The second-order valence-electron chi connectivity index (χ2n) is 5.93. The molecular formula is C16H20N2O4S2. The molecule has 1 N–H and O–H groups in total. The van der Waals surface area contributed by atoms with E-state index in [4.69, 9.17) is 4.42 Å². The number of carbonyl (C=O) groups is 1. The van der Waals surface area contributed by atoms with E-state index in [1.807, 2.05) is 19.1 Å². The molecule has 0 aromatic carbocycles. The Hall–Kier alpha value is -1.64. The molecule has 1 fully saturated rings. The lowest BCUT2D eigenvalue weighted by molar-refractivity contribution is 0.0928. The number of hydrogen-bond acceptors (Lipinski definition) is 5. The summed E-state index contributed by atoms with van der Waals surface area (Å²) < 4.78 is 31.7. The first-order valence-corrected chi connectivity index (χ1v) is 10.1. The molecule has 1 saturated heterocycles. The van der Waals surface area contributed by atoms with Crippen LogP contribution in [0.25, 0.3) is 0 Å². The molecule has 0 unspecified atom stereocenters. The number of aryl methyl sites for hydroxylation is 2. The van der Waals surface area contributed by atoms with E-state index in [0.29, 0.717) is 36.6 Å². The van der Waals surface area contributed by atoms with Crippen LogP contribution in [0.15, 0.2) is 33.8 Å². The Balaban J connectivity index is 1.59. The van der Waals surface area contributed by atoms with Gasteiger partial charge in [-0.3, -0.25) is 4.79 Å². The first-order chi connectivity index (χ1) is 11.4. The van der Waals surface area contributed by atoms with E-state index < -0.39 is 10.0 Å². The van der Waals surface area contributed by atoms with Gasteiger partial charge in [0, 0.05) is 24.0 Å². The van der Waals surface area contributed by atoms with Crippen LogP contribution in [0.3, 0.4) is 0 Å². The van der Waals surface area contributed by atoms with Gasteiger partial charge < -0.3 is 9.73 Å². The zero-order valence-corrected chi connectivity index (χ0v) is 15.2. The Morgan fingerprint density at radius 1 is 1.21 bits per heavy atom. The number of amides is 1. The highest BCUT2D eigenvalue weighted by Crippen LogP contribution is 2.23. The minimum Gasteiger partial charge on any atom is -0.449 e. The van der Waals surface area contributed by atoms with Crippen molar-refractivity contribution in [3.05, 3.63) is 39.8 Å². The fourth-order valence-corrected chi connectivity index (χ4v) is 4.93. The van der Waals surface area contributed by atoms with Crippen LogP contribution in [0, 0.1) is 13.8 Å². The Kier molecular flexibility index (Phi) is 4.80. The Morgan fingerprint density at radius 3 is 2.46 bits per heavy atom. The van der Waals surface area contributed by atoms with Crippen molar-refractivity contribution in [3.8, 4) is 0 Å². The summed E-state index contributed by atoms with van der Waals surface area (Å²) in [5.41, 5.74) is 0. The smallest absolute Gasteiger partial charge is 0.276 e. The largest absolute Gasteiger partial charge is 0.449 e. The van der Waals surface area contributed by atoms with Crippen LogP contribution in [0.4, 0.5) is 0 Å². The van der Waals surface area contributed by atoms with Gasteiger partial charge in [-0.05, 0) is 51.0 Å². The summed E-state index contributed by atoms with van der Waals surface area (Å²) in [6, 6.07) is 6.85. The lowest BCUT2D eigenvalue weighted by atomic mass is 10.1. The minimum atomic E-state index is -3.59. The number of nitrogens with zero attached hydrogens (tertiary/aromatic N) is 1. The molecule has 0 atom stereocenters. The summed E-state index contributed by atoms with van der Waals surface area (Å²) in [5, 5.41) is 2.97. The fourth-order valence-electron chi connectivity index (χ4n) is 2.73. The van der Waals surface area contributed by atoms with E-state index in [1.54, 1.807) is 13.0 Å². The summed E-state index contributed by atoms with van der Waals surface area (Å²) in [6.07, 6.45) is 1.18. The molecule has 3 rings (SSSR count). The summed E-state index contributed by atoms with van der Waals surface area (Å²) >= 11 is 1.46. The topological polar surface area (TPSA) is 79.6 Å². The molecule has 0 aliphatic carbocycles. The number of carbonyl (C=O) groups excluding carboxylic acids is 1. The van der Waals surface area contributed by atoms with Gasteiger partial charge in [0.1, 0.15) is 5.76 Å². The van der Waals surface area contributed by atoms with Gasteiger partial charge in [0.05, 0.1) is 4.88 Å². The number of piperidine rings is 1. The molecule has 0 saturated carbocycles. The van der Waals surface area contributed by atoms with E-state index in [2.05, 4.69) is 5.32 Å². The highest BCUT2D eigenvalue weighted by molar-refractivity contribution is 7.89. The number of thiophene rings is 1. The predicted octanol–water partition coefficient (Wildman–Crippen LogP) is 2.54. The molecule has 1 amide bonds. The molecule has 6 nitrogen and oxygen atoms in total. The number of furan rings is 1. The second kappa shape index (κ2) is 6.70. The maximum absolute atomic E-state index is 12.5. The van der Waals surface area contributed by atoms with Crippen molar-refractivity contribution >= 4 is 27.3 Å².